The average Bonchev–Trinajstić information content (AvgIpc) is 1.94. The van der Waals surface area contributed by atoms with Gasteiger partial charge in [0, 0.05) is 6.20 Å². The van der Waals surface area contributed by atoms with Gasteiger partial charge in [-0.3, -0.25) is 0 Å². The monoisotopic (exact) mass is 134 g/mol. The second-order valence-electron chi connectivity index (χ2n) is 2.17. The van der Waals surface area contributed by atoms with Crippen molar-refractivity contribution in [3.63, 3.8) is 0 Å². The van der Waals surface area contributed by atoms with E-state index in [0.29, 0.717) is 5.82 Å². The van der Waals surface area contributed by atoms with Gasteiger partial charge < -0.3 is 5.73 Å². The molecule has 0 aromatic carbocycles. The third kappa shape index (κ3) is 1.16. The number of rotatable bonds is 1. The molecule has 2 heteroatoms. The van der Waals surface area contributed by atoms with Gasteiger partial charge in [0.25, 0.3) is 0 Å². The van der Waals surface area contributed by atoms with E-state index in [1.54, 1.807) is 12.3 Å². The van der Waals surface area contributed by atoms with Crippen LogP contribution in [0.2, 0.25) is 0 Å². The Morgan fingerprint density at radius 2 is 2.40 bits per heavy atom. The Morgan fingerprint density at radius 3 is 2.90 bits per heavy atom. The zero-order chi connectivity index (χ0) is 7.56. The first kappa shape index (κ1) is 6.81. The molecule has 2 nitrogen and oxygen atoms in total. The van der Waals surface area contributed by atoms with Gasteiger partial charge in [0.2, 0.25) is 0 Å². The highest BCUT2D eigenvalue weighted by Gasteiger charge is 1.93. The maximum Gasteiger partial charge on any atom is 0.123 e. The molecular weight excluding hydrogens is 124 g/mol. The first-order chi connectivity index (χ1) is 4.74. The van der Waals surface area contributed by atoms with Crippen LogP contribution in [-0.4, -0.2) is 4.98 Å². The van der Waals surface area contributed by atoms with Gasteiger partial charge in [0.05, 0.1) is 0 Å². The molecular formula is C8H10N2. The van der Waals surface area contributed by atoms with E-state index in [0.717, 1.165) is 11.1 Å². The van der Waals surface area contributed by atoms with Crippen molar-refractivity contribution >= 4 is 11.9 Å². The fourth-order valence-electron chi connectivity index (χ4n) is 0.776. The van der Waals surface area contributed by atoms with Crippen LogP contribution < -0.4 is 5.73 Å². The molecule has 1 aromatic heterocycles. The van der Waals surface area contributed by atoms with E-state index in [1.165, 1.54) is 0 Å². The molecule has 1 heterocycles. The van der Waals surface area contributed by atoms with Gasteiger partial charge in [0.15, 0.2) is 0 Å². The van der Waals surface area contributed by atoms with Crippen LogP contribution in [0.15, 0.2) is 18.8 Å². The van der Waals surface area contributed by atoms with Crippen LogP contribution in [0.1, 0.15) is 11.1 Å². The van der Waals surface area contributed by atoms with E-state index in [2.05, 4.69) is 11.6 Å². The van der Waals surface area contributed by atoms with Gasteiger partial charge in [-0.05, 0) is 24.1 Å². The fraction of sp³-hybridized carbons (Fsp3) is 0.125. The number of pyridine rings is 1. The summed E-state index contributed by atoms with van der Waals surface area (Å²) < 4.78 is 0. The lowest BCUT2D eigenvalue weighted by Crippen LogP contribution is -1.91. The SMILES string of the molecule is C=Cc1cc(N)ncc1C. The van der Waals surface area contributed by atoms with Crippen LogP contribution in [0.25, 0.3) is 6.08 Å². The van der Waals surface area contributed by atoms with Crippen LogP contribution in [0.5, 0.6) is 0 Å². The summed E-state index contributed by atoms with van der Waals surface area (Å²) in [5, 5.41) is 0. The summed E-state index contributed by atoms with van der Waals surface area (Å²) >= 11 is 0. The summed E-state index contributed by atoms with van der Waals surface area (Å²) in [5.74, 6) is 0.542. The predicted molar refractivity (Wildman–Crippen MR) is 43.5 cm³/mol. The van der Waals surface area contributed by atoms with Crippen molar-refractivity contribution in [2.45, 2.75) is 6.92 Å². The summed E-state index contributed by atoms with van der Waals surface area (Å²) in [4.78, 5) is 3.92. The van der Waals surface area contributed by atoms with Crippen molar-refractivity contribution in [3.05, 3.63) is 30.0 Å². The number of anilines is 1. The number of aryl methyl sites for hydroxylation is 1. The standard InChI is InChI=1S/C8H10N2/c1-3-7-4-8(9)10-5-6(7)2/h3-5H,1H2,2H3,(H2,9,10). The first-order valence-corrected chi connectivity index (χ1v) is 3.08. The molecule has 0 bridgehead atoms. The number of hydrogen-bond acceptors (Lipinski definition) is 2. The number of aromatic nitrogens is 1. The van der Waals surface area contributed by atoms with Crippen LogP contribution in [-0.2, 0) is 0 Å². The molecule has 0 amide bonds. The molecule has 10 heavy (non-hydrogen) atoms. The zero-order valence-electron chi connectivity index (χ0n) is 5.96. The summed E-state index contributed by atoms with van der Waals surface area (Å²) in [7, 11) is 0. The van der Waals surface area contributed by atoms with E-state index < -0.39 is 0 Å². The lowest BCUT2D eigenvalue weighted by Gasteiger charge is -1.98. The Bertz CT molecular complexity index is 253. The van der Waals surface area contributed by atoms with Gasteiger partial charge in [-0.15, -0.1) is 0 Å². The summed E-state index contributed by atoms with van der Waals surface area (Å²) in [6, 6.07) is 1.81. The number of nitrogens with two attached hydrogens (primary N) is 1. The third-order valence-corrected chi connectivity index (χ3v) is 1.39. The van der Waals surface area contributed by atoms with Crippen LogP contribution >= 0.6 is 0 Å². The molecule has 0 aliphatic carbocycles. The molecule has 0 aliphatic rings. The Balaban J connectivity index is 3.21. The maximum atomic E-state index is 5.44. The Hall–Kier alpha value is -1.31. The van der Waals surface area contributed by atoms with Gasteiger partial charge >= 0.3 is 0 Å². The average molecular weight is 134 g/mol. The van der Waals surface area contributed by atoms with Crippen LogP contribution in [0, 0.1) is 6.92 Å². The van der Waals surface area contributed by atoms with Crippen molar-refractivity contribution in [2.75, 3.05) is 5.73 Å². The maximum absolute atomic E-state index is 5.44. The number of hydrogen-bond donors (Lipinski definition) is 1. The molecule has 0 spiro atoms. The van der Waals surface area contributed by atoms with Gasteiger partial charge in [0.1, 0.15) is 5.82 Å². The molecule has 0 radical (unpaired) electrons. The minimum atomic E-state index is 0.542. The Morgan fingerprint density at radius 1 is 1.70 bits per heavy atom. The van der Waals surface area contributed by atoms with Crippen molar-refractivity contribution in [3.8, 4) is 0 Å². The largest absolute Gasteiger partial charge is 0.384 e. The van der Waals surface area contributed by atoms with Gasteiger partial charge in [-0.2, -0.15) is 0 Å². The van der Waals surface area contributed by atoms with Crippen molar-refractivity contribution in [1.82, 2.24) is 4.98 Å². The quantitative estimate of drug-likeness (QED) is 0.633. The molecule has 0 fully saturated rings. The van der Waals surface area contributed by atoms with E-state index in [1.807, 2.05) is 13.0 Å². The molecule has 52 valence electrons. The van der Waals surface area contributed by atoms with E-state index in [9.17, 15) is 0 Å². The predicted octanol–water partition coefficient (Wildman–Crippen LogP) is 1.62. The Kier molecular flexibility index (Phi) is 1.71. The number of nitrogen functional groups attached to an aromatic ring is 1. The molecule has 2 N–H and O–H groups in total. The molecule has 1 aromatic rings. The smallest absolute Gasteiger partial charge is 0.123 e. The summed E-state index contributed by atoms with van der Waals surface area (Å²) in [5.41, 5.74) is 7.59. The molecule has 0 saturated carbocycles. The third-order valence-electron chi connectivity index (χ3n) is 1.39. The highest BCUT2D eigenvalue weighted by atomic mass is 14.8. The topological polar surface area (TPSA) is 38.9 Å². The lowest BCUT2D eigenvalue weighted by molar-refractivity contribution is 1.27. The summed E-state index contributed by atoms with van der Waals surface area (Å²) in [6.45, 7) is 5.63. The minimum Gasteiger partial charge on any atom is -0.384 e. The van der Waals surface area contributed by atoms with E-state index >= 15 is 0 Å². The zero-order valence-corrected chi connectivity index (χ0v) is 5.96. The Labute approximate surface area is 60.4 Å². The van der Waals surface area contributed by atoms with E-state index in [-0.39, 0.29) is 0 Å². The highest BCUT2D eigenvalue weighted by Crippen LogP contribution is 2.09. The minimum absolute atomic E-state index is 0.542. The van der Waals surface area contributed by atoms with Crippen molar-refractivity contribution in [2.24, 2.45) is 0 Å². The first-order valence-electron chi connectivity index (χ1n) is 3.08. The lowest BCUT2D eigenvalue weighted by atomic mass is 10.1. The normalized spacial score (nSPS) is 9.30. The van der Waals surface area contributed by atoms with Crippen molar-refractivity contribution < 1.29 is 0 Å². The molecule has 1 rings (SSSR count). The van der Waals surface area contributed by atoms with Crippen molar-refractivity contribution in [1.29, 1.82) is 0 Å². The molecule has 0 atom stereocenters. The molecule has 0 unspecified atom stereocenters. The van der Waals surface area contributed by atoms with E-state index in [4.69, 9.17) is 5.73 Å². The second-order valence-corrected chi connectivity index (χ2v) is 2.17. The second kappa shape index (κ2) is 2.52. The highest BCUT2D eigenvalue weighted by molar-refractivity contribution is 5.54. The van der Waals surface area contributed by atoms with Gasteiger partial charge in [-0.1, -0.05) is 12.7 Å². The summed E-state index contributed by atoms with van der Waals surface area (Å²) in [6.07, 6.45) is 3.51. The van der Waals surface area contributed by atoms with Crippen LogP contribution in [0.3, 0.4) is 0 Å². The van der Waals surface area contributed by atoms with Crippen LogP contribution in [0.4, 0.5) is 5.82 Å². The molecule has 0 aliphatic heterocycles. The fourth-order valence-corrected chi connectivity index (χ4v) is 0.776. The van der Waals surface area contributed by atoms with Gasteiger partial charge in [-0.25, -0.2) is 4.98 Å². The number of nitrogens with zero attached hydrogens (tertiary/aromatic N) is 1. The molecule has 0 saturated heterocycles.